The lowest BCUT2D eigenvalue weighted by atomic mass is 10.0. The van der Waals surface area contributed by atoms with Crippen molar-refractivity contribution in [2.24, 2.45) is 5.73 Å². The molecule has 1 aromatic heterocycles. The Bertz CT molecular complexity index is 849. The van der Waals surface area contributed by atoms with Gasteiger partial charge in [-0.05, 0) is 18.2 Å². The van der Waals surface area contributed by atoms with E-state index >= 15 is 0 Å². The van der Waals surface area contributed by atoms with Crippen LogP contribution in [0.25, 0.3) is 21.9 Å². The molecule has 3 aromatic rings. The standard InChI is InChI=1S/C15H12N2O3/c1-8(18)17-10-6-7-12-13(14(10)15(16)19)9-4-2-3-5-11(9)20-12/h2-7H,1H3,(H2,16,19)(H,17,18). The number of nitrogens with two attached hydrogens (primary N) is 1. The summed E-state index contributed by atoms with van der Waals surface area (Å²) in [5, 5.41) is 4.04. The number of fused-ring (bicyclic) bond motifs is 3. The summed E-state index contributed by atoms with van der Waals surface area (Å²) in [5.41, 5.74) is 7.37. The molecule has 3 N–H and O–H groups in total. The number of amides is 2. The molecule has 2 amide bonds. The van der Waals surface area contributed by atoms with E-state index in [1.807, 2.05) is 24.3 Å². The fraction of sp³-hybridized carbons (Fsp3) is 0.0667. The van der Waals surface area contributed by atoms with Crippen LogP contribution in [-0.2, 0) is 4.79 Å². The predicted molar refractivity (Wildman–Crippen MR) is 76.5 cm³/mol. The molecule has 0 unspecified atom stereocenters. The molecule has 0 fully saturated rings. The molecule has 100 valence electrons. The third kappa shape index (κ3) is 1.80. The zero-order chi connectivity index (χ0) is 14.3. The second kappa shape index (κ2) is 4.38. The van der Waals surface area contributed by atoms with Gasteiger partial charge in [0.2, 0.25) is 5.91 Å². The molecule has 3 rings (SSSR count). The first-order chi connectivity index (χ1) is 9.58. The van der Waals surface area contributed by atoms with Crippen molar-refractivity contribution < 1.29 is 14.0 Å². The Balaban J connectivity index is 2.43. The van der Waals surface area contributed by atoms with E-state index in [1.54, 1.807) is 12.1 Å². The fourth-order valence-corrected chi connectivity index (χ4v) is 2.37. The van der Waals surface area contributed by atoms with E-state index in [1.165, 1.54) is 6.92 Å². The number of carbonyl (C=O) groups excluding carboxylic acids is 2. The van der Waals surface area contributed by atoms with E-state index in [2.05, 4.69) is 5.32 Å². The van der Waals surface area contributed by atoms with E-state index in [0.717, 1.165) is 5.39 Å². The number of primary amides is 1. The minimum Gasteiger partial charge on any atom is -0.456 e. The number of para-hydroxylation sites is 1. The topological polar surface area (TPSA) is 85.3 Å². The zero-order valence-corrected chi connectivity index (χ0v) is 10.8. The second-order valence-corrected chi connectivity index (χ2v) is 4.50. The molecule has 0 aliphatic heterocycles. The van der Waals surface area contributed by atoms with Crippen LogP contribution in [0.2, 0.25) is 0 Å². The van der Waals surface area contributed by atoms with Gasteiger partial charge in [-0.2, -0.15) is 0 Å². The van der Waals surface area contributed by atoms with Gasteiger partial charge < -0.3 is 15.5 Å². The Morgan fingerprint density at radius 3 is 2.55 bits per heavy atom. The molecule has 1 heterocycles. The number of nitrogens with one attached hydrogen (secondary N) is 1. The predicted octanol–water partition coefficient (Wildman–Crippen LogP) is 2.64. The van der Waals surface area contributed by atoms with Gasteiger partial charge in [-0.3, -0.25) is 9.59 Å². The van der Waals surface area contributed by atoms with Gasteiger partial charge in [0.15, 0.2) is 0 Å². The van der Waals surface area contributed by atoms with Crippen molar-refractivity contribution in [1.82, 2.24) is 0 Å². The van der Waals surface area contributed by atoms with Crippen LogP contribution >= 0.6 is 0 Å². The van der Waals surface area contributed by atoms with Crippen LogP contribution in [0.3, 0.4) is 0 Å². The number of hydrogen-bond acceptors (Lipinski definition) is 3. The van der Waals surface area contributed by atoms with E-state index in [0.29, 0.717) is 22.2 Å². The van der Waals surface area contributed by atoms with Crippen LogP contribution in [0, 0.1) is 0 Å². The van der Waals surface area contributed by atoms with Crippen LogP contribution in [0.4, 0.5) is 5.69 Å². The number of furan rings is 1. The lowest BCUT2D eigenvalue weighted by Crippen LogP contribution is -2.16. The maximum atomic E-state index is 11.8. The van der Waals surface area contributed by atoms with Crippen molar-refractivity contribution in [1.29, 1.82) is 0 Å². The third-order valence-corrected chi connectivity index (χ3v) is 3.10. The molecular formula is C15H12N2O3. The van der Waals surface area contributed by atoms with E-state index < -0.39 is 5.91 Å². The Morgan fingerprint density at radius 1 is 1.10 bits per heavy atom. The summed E-state index contributed by atoms with van der Waals surface area (Å²) in [6, 6.07) is 10.7. The maximum absolute atomic E-state index is 11.8. The van der Waals surface area contributed by atoms with Gasteiger partial charge in [-0.1, -0.05) is 18.2 Å². The molecule has 5 nitrogen and oxygen atoms in total. The first kappa shape index (κ1) is 12.2. The SMILES string of the molecule is CC(=O)Nc1ccc2oc3ccccc3c2c1C(N)=O. The minimum absolute atomic E-state index is 0.264. The lowest BCUT2D eigenvalue weighted by molar-refractivity contribution is -0.114. The van der Waals surface area contributed by atoms with Gasteiger partial charge in [0.1, 0.15) is 11.2 Å². The maximum Gasteiger partial charge on any atom is 0.251 e. The molecular weight excluding hydrogens is 256 g/mol. The van der Waals surface area contributed by atoms with Crippen molar-refractivity contribution in [2.75, 3.05) is 5.32 Å². The van der Waals surface area contributed by atoms with E-state index in [4.69, 9.17) is 10.2 Å². The molecule has 2 aromatic carbocycles. The molecule has 0 spiro atoms. The van der Waals surface area contributed by atoms with E-state index in [9.17, 15) is 9.59 Å². The molecule has 0 aliphatic rings. The summed E-state index contributed by atoms with van der Waals surface area (Å²) in [6.45, 7) is 1.38. The quantitative estimate of drug-likeness (QED) is 0.749. The Kier molecular flexibility index (Phi) is 2.68. The van der Waals surface area contributed by atoms with Gasteiger partial charge in [0, 0.05) is 17.7 Å². The van der Waals surface area contributed by atoms with Crippen molar-refractivity contribution in [3.05, 3.63) is 42.0 Å². The molecule has 5 heteroatoms. The van der Waals surface area contributed by atoms with Crippen molar-refractivity contribution in [3.8, 4) is 0 Å². The van der Waals surface area contributed by atoms with Gasteiger partial charge in [0.25, 0.3) is 5.91 Å². The normalized spacial score (nSPS) is 10.8. The highest BCUT2D eigenvalue weighted by Crippen LogP contribution is 2.34. The van der Waals surface area contributed by atoms with Crippen LogP contribution in [0.5, 0.6) is 0 Å². The third-order valence-electron chi connectivity index (χ3n) is 3.10. The Hall–Kier alpha value is -2.82. The molecule has 20 heavy (non-hydrogen) atoms. The van der Waals surface area contributed by atoms with Gasteiger partial charge in [0.05, 0.1) is 11.3 Å². The highest BCUT2D eigenvalue weighted by Gasteiger charge is 2.18. The number of hydrogen-bond donors (Lipinski definition) is 2. The zero-order valence-electron chi connectivity index (χ0n) is 10.8. The molecule has 0 saturated heterocycles. The molecule has 0 saturated carbocycles. The number of carbonyl (C=O) groups is 2. The monoisotopic (exact) mass is 268 g/mol. The van der Waals surface area contributed by atoms with Gasteiger partial charge in [-0.25, -0.2) is 0 Å². The summed E-state index contributed by atoms with van der Waals surface area (Å²) < 4.78 is 5.68. The summed E-state index contributed by atoms with van der Waals surface area (Å²) in [6.07, 6.45) is 0. The average molecular weight is 268 g/mol. The Labute approximate surface area is 114 Å². The second-order valence-electron chi connectivity index (χ2n) is 4.50. The average Bonchev–Trinajstić information content (AvgIpc) is 2.76. The molecule has 0 aliphatic carbocycles. The summed E-state index contributed by atoms with van der Waals surface area (Å²) in [7, 11) is 0. The number of rotatable bonds is 2. The van der Waals surface area contributed by atoms with Crippen LogP contribution in [-0.4, -0.2) is 11.8 Å². The minimum atomic E-state index is -0.606. The smallest absolute Gasteiger partial charge is 0.251 e. The summed E-state index contributed by atoms with van der Waals surface area (Å²) >= 11 is 0. The molecule has 0 bridgehead atoms. The lowest BCUT2D eigenvalue weighted by Gasteiger charge is -2.08. The Morgan fingerprint density at radius 2 is 1.85 bits per heavy atom. The highest BCUT2D eigenvalue weighted by molar-refractivity contribution is 6.20. The summed E-state index contributed by atoms with van der Waals surface area (Å²) in [5.74, 6) is -0.870. The highest BCUT2D eigenvalue weighted by atomic mass is 16.3. The fourth-order valence-electron chi connectivity index (χ4n) is 2.37. The number of benzene rings is 2. The van der Waals surface area contributed by atoms with Gasteiger partial charge in [-0.15, -0.1) is 0 Å². The number of anilines is 1. The molecule has 0 radical (unpaired) electrons. The molecule has 0 atom stereocenters. The van der Waals surface area contributed by atoms with Crippen molar-refractivity contribution in [3.63, 3.8) is 0 Å². The van der Waals surface area contributed by atoms with Crippen LogP contribution in [0.1, 0.15) is 17.3 Å². The largest absolute Gasteiger partial charge is 0.456 e. The van der Waals surface area contributed by atoms with E-state index in [-0.39, 0.29) is 11.5 Å². The van der Waals surface area contributed by atoms with Crippen molar-refractivity contribution >= 4 is 39.4 Å². The summed E-state index contributed by atoms with van der Waals surface area (Å²) in [4.78, 5) is 23.0. The first-order valence-electron chi connectivity index (χ1n) is 6.09. The van der Waals surface area contributed by atoms with Crippen LogP contribution < -0.4 is 11.1 Å². The van der Waals surface area contributed by atoms with Crippen molar-refractivity contribution in [2.45, 2.75) is 6.92 Å². The first-order valence-corrected chi connectivity index (χ1v) is 6.09. The van der Waals surface area contributed by atoms with Gasteiger partial charge >= 0.3 is 0 Å². The van der Waals surface area contributed by atoms with Crippen LogP contribution in [0.15, 0.2) is 40.8 Å².